The van der Waals surface area contributed by atoms with E-state index in [0.717, 1.165) is 5.56 Å². The zero-order valence-corrected chi connectivity index (χ0v) is 20.9. The maximum Gasteiger partial charge on any atom is 0.263 e. The molecule has 36 heavy (non-hydrogen) atoms. The molecule has 0 radical (unpaired) electrons. The first-order valence-corrected chi connectivity index (χ1v) is 14.3. The van der Waals surface area contributed by atoms with Crippen molar-refractivity contribution >= 4 is 36.9 Å². The van der Waals surface area contributed by atoms with Gasteiger partial charge in [-0.3, -0.25) is 4.72 Å². The van der Waals surface area contributed by atoms with Crippen LogP contribution in [0.2, 0.25) is 0 Å². The molecule has 9 nitrogen and oxygen atoms in total. The summed E-state index contributed by atoms with van der Waals surface area (Å²) in [7, 11) is -7.49. The SMILES string of the molecule is O=S(=O)(Nc1nc2ccccc2nc1Cc1ccc(S(=O)(=O)N2CCOCC2)cc1)c1ccccc1. The highest BCUT2D eigenvalue weighted by molar-refractivity contribution is 7.92. The minimum Gasteiger partial charge on any atom is -0.379 e. The van der Waals surface area contributed by atoms with Crippen molar-refractivity contribution in [2.45, 2.75) is 16.2 Å². The summed E-state index contributed by atoms with van der Waals surface area (Å²) in [6.45, 7) is 1.39. The molecule has 1 fully saturated rings. The van der Waals surface area contributed by atoms with Gasteiger partial charge >= 0.3 is 0 Å². The van der Waals surface area contributed by atoms with Gasteiger partial charge in [-0.25, -0.2) is 26.8 Å². The summed E-state index contributed by atoms with van der Waals surface area (Å²) in [4.78, 5) is 9.51. The molecule has 186 valence electrons. The van der Waals surface area contributed by atoms with Crippen LogP contribution in [-0.2, 0) is 31.2 Å². The average Bonchev–Trinajstić information content (AvgIpc) is 2.90. The Labute approximate surface area is 209 Å². The van der Waals surface area contributed by atoms with Crippen LogP contribution >= 0.6 is 0 Å². The maximum absolute atomic E-state index is 13.0. The molecule has 0 amide bonds. The molecule has 0 aliphatic carbocycles. The fourth-order valence-corrected chi connectivity index (χ4v) is 6.40. The number of fused-ring (bicyclic) bond motifs is 1. The number of sulfonamides is 2. The van der Waals surface area contributed by atoms with E-state index in [0.29, 0.717) is 43.0 Å². The lowest BCUT2D eigenvalue weighted by Gasteiger charge is -2.26. The van der Waals surface area contributed by atoms with E-state index in [2.05, 4.69) is 14.7 Å². The fraction of sp³-hybridized carbons (Fsp3) is 0.200. The molecule has 1 N–H and O–H groups in total. The lowest BCUT2D eigenvalue weighted by atomic mass is 10.1. The second-order valence-corrected chi connectivity index (χ2v) is 11.9. The van der Waals surface area contributed by atoms with E-state index in [4.69, 9.17) is 4.74 Å². The standard InChI is InChI=1S/C25H24N4O5S2/c30-35(31,20-6-2-1-3-7-20)28-25-24(26-22-8-4-5-9-23(22)27-25)18-19-10-12-21(13-11-19)36(32,33)29-14-16-34-17-15-29/h1-13H,14-18H2,(H,27,28). The molecule has 0 atom stereocenters. The molecule has 0 unspecified atom stereocenters. The molecule has 1 aliphatic heterocycles. The molecule has 2 heterocycles. The Bertz CT molecular complexity index is 1590. The number of hydrogen-bond acceptors (Lipinski definition) is 7. The van der Waals surface area contributed by atoms with Crippen LogP contribution < -0.4 is 4.72 Å². The smallest absolute Gasteiger partial charge is 0.263 e. The first kappa shape index (κ1) is 24.3. The summed E-state index contributed by atoms with van der Waals surface area (Å²) in [5, 5.41) is 0. The van der Waals surface area contributed by atoms with Crippen molar-refractivity contribution in [2.75, 3.05) is 31.0 Å². The van der Waals surface area contributed by atoms with Crippen LogP contribution in [0.4, 0.5) is 5.82 Å². The summed E-state index contributed by atoms with van der Waals surface area (Å²) < 4.78 is 61.1. The van der Waals surface area contributed by atoms with E-state index in [-0.39, 0.29) is 22.0 Å². The summed E-state index contributed by atoms with van der Waals surface area (Å²) in [5.41, 5.74) is 2.37. The number of para-hydroxylation sites is 2. The van der Waals surface area contributed by atoms with E-state index in [1.807, 2.05) is 6.07 Å². The minimum absolute atomic E-state index is 0.114. The lowest BCUT2D eigenvalue weighted by molar-refractivity contribution is 0.0730. The Hall–Kier alpha value is -3.38. The van der Waals surface area contributed by atoms with Crippen molar-refractivity contribution in [3.05, 3.63) is 90.1 Å². The molecule has 5 rings (SSSR count). The predicted molar refractivity (Wildman–Crippen MR) is 136 cm³/mol. The summed E-state index contributed by atoms with van der Waals surface area (Å²) in [6.07, 6.45) is 0.252. The molecule has 0 bridgehead atoms. The summed E-state index contributed by atoms with van der Waals surface area (Å²) in [5.74, 6) is 0.127. The molecule has 1 aliphatic rings. The van der Waals surface area contributed by atoms with Crippen molar-refractivity contribution in [2.24, 2.45) is 0 Å². The van der Waals surface area contributed by atoms with Crippen LogP contribution in [0.25, 0.3) is 11.0 Å². The Morgan fingerprint density at radius 3 is 2.03 bits per heavy atom. The molecule has 11 heteroatoms. The Morgan fingerprint density at radius 1 is 0.750 bits per heavy atom. The second-order valence-electron chi connectivity index (χ2n) is 8.26. The molecular formula is C25H24N4O5S2. The van der Waals surface area contributed by atoms with Crippen LogP contribution in [0.5, 0.6) is 0 Å². The van der Waals surface area contributed by atoms with E-state index in [1.165, 1.54) is 16.4 Å². The third kappa shape index (κ3) is 5.09. The molecule has 3 aromatic carbocycles. The quantitative estimate of drug-likeness (QED) is 0.395. The van der Waals surface area contributed by atoms with Crippen molar-refractivity contribution in [3.63, 3.8) is 0 Å². The largest absolute Gasteiger partial charge is 0.379 e. The summed E-state index contributed by atoms with van der Waals surface area (Å²) in [6, 6.07) is 21.8. The van der Waals surface area contributed by atoms with Crippen molar-refractivity contribution in [1.82, 2.24) is 14.3 Å². The number of anilines is 1. The van der Waals surface area contributed by atoms with Crippen LogP contribution in [0.1, 0.15) is 11.3 Å². The molecule has 1 aromatic heterocycles. The zero-order chi connectivity index (χ0) is 25.2. The molecule has 1 saturated heterocycles. The van der Waals surface area contributed by atoms with Crippen LogP contribution in [0.15, 0.2) is 88.7 Å². The first-order valence-electron chi connectivity index (χ1n) is 11.3. The van der Waals surface area contributed by atoms with Crippen LogP contribution in [0, 0.1) is 0 Å². The molecule has 0 saturated carbocycles. The fourth-order valence-electron chi connectivity index (χ4n) is 3.94. The maximum atomic E-state index is 13.0. The van der Waals surface area contributed by atoms with Gasteiger partial charge in [0, 0.05) is 19.5 Å². The Morgan fingerprint density at radius 2 is 1.36 bits per heavy atom. The predicted octanol–water partition coefficient (Wildman–Crippen LogP) is 3.04. The first-order chi connectivity index (χ1) is 17.3. The van der Waals surface area contributed by atoms with Gasteiger partial charge in [-0.2, -0.15) is 4.31 Å². The topological polar surface area (TPSA) is 119 Å². The van der Waals surface area contributed by atoms with Gasteiger partial charge < -0.3 is 4.74 Å². The van der Waals surface area contributed by atoms with Crippen LogP contribution in [0.3, 0.4) is 0 Å². The number of nitrogens with zero attached hydrogens (tertiary/aromatic N) is 3. The van der Waals surface area contributed by atoms with Crippen LogP contribution in [-0.4, -0.2) is 57.4 Å². The summed E-state index contributed by atoms with van der Waals surface area (Å²) >= 11 is 0. The van der Waals surface area contributed by atoms with Gasteiger partial charge in [-0.05, 0) is 42.0 Å². The number of benzene rings is 3. The van der Waals surface area contributed by atoms with Gasteiger partial charge in [0.2, 0.25) is 10.0 Å². The zero-order valence-electron chi connectivity index (χ0n) is 19.2. The van der Waals surface area contributed by atoms with Gasteiger partial charge in [0.15, 0.2) is 5.82 Å². The van der Waals surface area contributed by atoms with Crippen molar-refractivity contribution in [1.29, 1.82) is 0 Å². The van der Waals surface area contributed by atoms with Crippen molar-refractivity contribution in [3.8, 4) is 0 Å². The van der Waals surface area contributed by atoms with Gasteiger partial charge in [-0.15, -0.1) is 0 Å². The number of hydrogen-bond donors (Lipinski definition) is 1. The average molecular weight is 525 g/mol. The third-order valence-electron chi connectivity index (χ3n) is 5.83. The molecule has 0 spiro atoms. The Kier molecular flexibility index (Phi) is 6.71. The van der Waals surface area contributed by atoms with E-state index in [1.54, 1.807) is 60.7 Å². The Balaban J connectivity index is 1.46. The van der Waals surface area contributed by atoms with Gasteiger partial charge in [0.1, 0.15) is 0 Å². The van der Waals surface area contributed by atoms with E-state index < -0.39 is 20.0 Å². The van der Waals surface area contributed by atoms with Crippen molar-refractivity contribution < 1.29 is 21.6 Å². The number of morpholine rings is 1. The lowest BCUT2D eigenvalue weighted by Crippen LogP contribution is -2.40. The second kappa shape index (κ2) is 9.94. The highest BCUT2D eigenvalue weighted by Gasteiger charge is 2.26. The molecule has 4 aromatic rings. The number of nitrogens with one attached hydrogen (secondary N) is 1. The normalized spacial score (nSPS) is 15.1. The van der Waals surface area contributed by atoms with Gasteiger partial charge in [0.25, 0.3) is 10.0 Å². The molecular weight excluding hydrogens is 500 g/mol. The highest BCUT2D eigenvalue weighted by atomic mass is 32.2. The van der Waals surface area contributed by atoms with Gasteiger partial charge in [0.05, 0.1) is 39.7 Å². The minimum atomic E-state index is -3.88. The van der Waals surface area contributed by atoms with E-state index >= 15 is 0 Å². The van der Waals surface area contributed by atoms with Gasteiger partial charge in [-0.1, -0.05) is 42.5 Å². The monoisotopic (exact) mass is 524 g/mol. The van der Waals surface area contributed by atoms with E-state index in [9.17, 15) is 16.8 Å². The third-order valence-corrected chi connectivity index (χ3v) is 9.10. The number of aromatic nitrogens is 2. The highest BCUT2D eigenvalue weighted by Crippen LogP contribution is 2.24. The number of rotatable bonds is 7. The number of ether oxygens (including phenoxy) is 1.